The highest BCUT2D eigenvalue weighted by molar-refractivity contribution is 7.80. The minimum absolute atomic E-state index is 0.136. The smallest absolute Gasteiger partial charge is 0.416 e. The van der Waals surface area contributed by atoms with E-state index in [1.165, 1.54) is 20.3 Å². The number of halogens is 3. The SMILES string of the molecule is COCC(=O)Nc1cc(N2C(=S)N[C@@H](c3ccccn3)[C@@H]2c2cc(C)n(-c3cccc(C(F)(F)F)c3)c2C)ccc1OC. The van der Waals surface area contributed by atoms with E-state index in [9.17, 15) is 18.0 Å². The molecule has 2 aromatic carbocycles. The van der Waals surface area contributed by atoms with Crippen molar-refractivity contribution in [3.05, 3.63) is 101 Å². The van der Waals surface area contributed by atoms with Crippen LogP contribution in [-0.4, -0.2) is 41.4 Å². The fourth-order valence-electron chi connectivity index (χ4n) is 5.52. The lowest BCUT2D eigenvalue weighted by Gasteiger charge is -2.29. The van der Waals surface area contributed by atoms with Crippen LogP contribution in [0, 0.1) is 13.8 Å². The first-order chi connectivity index (χ1) is 20.5. The summed E-state index contributed by atoms with van der Waals surface area (Å²) in [6.45, 7) is 3.60. The molecule has 0 unspecified atom stereocenters. The number of hydrogen-bond donors (Lipinski definition) is 2. The highest BCUT2D eigenvalue weighted by Gasteiger charge is 2.42. The van der Waals surface area contributed by atoms with Crippen molar-refractivity contribution in [2.75, 3.05) is 31.0 Å². The lowest BCUT2D eigenvalue weighted by Crippen LogP contribution is -2.29. The molecule has 5 rings (SSSR count). The van der Waals surface area contributed by atoms with E-state index in [1.54, 1.807) is 24.4 Å². The number of alkyl halides is 3. The minimum Gasteiger partial charge on any atom is -0.495 e. The summed E-state index contributed by atoms with van der Waals surface area (Å²) in [4.78, 5) is 18.9. The van der Waals surface area contributed by atoms with Gasteiger partial charge >= 0.3 is 6.18 Å². The molecule has 1 fully saturated rings. The summed E-state index contributed by atoms with van der Waals surface area (Å²) in [6.07, 6.45) is -2.77. The number of pyridine rings is 1. The van der Waals surface area contributed by atoms with Crippen molar-refractivity contribution in [3.63, 3.8) is 0 Å². The van der Waals surface area contributed by atoms with Gasteiger partial charge in [-0.25, -0.2) is 0 Å². The molecule has 2 atom stereocenters. The molecule has 43 heavy (non-hydrogen) atoms. The zero-order valence-corrected chi connectivity index (χ0v) is 24.7. The van der Waals surface area contributed by atoms with Gasteiger partial charge in [-0.15, -0.1) is 0 Å². The number of thiocarbonyl (C=S) groups is 1. The third-order valence-electron chi connectivity index (χ3n) is 7.33. The number of nitrogens with one attached hydrogen (secondary N) is 2. The van der Waals surface area contributed by atoms with Gasteiger partial charge in [0.1, 0.15) is 12.4 Å². The van der Waals surface area contributed by atoms with Crippen molar-refractivity contribution in [3.8, 4) is 11.4 Å². The number of aryl methyl sites for hydroxylation is 1. The number of anilines is 2. The standard InChI is InChI=1S/C31H30F3N5O3S/c1-18-14-23(19(2)38(18)21-9-7-8-20(15-21)31(32,33)34)29-28(24-10-5-6-13-35-24)37-30(43)39(29)22-11-12-26(42-4)25(16-22)36-27(40)17-41-3/h5-16,28-29H,17H2,1-4H3,(H,36,40)(H,37,43)/t28-,29-/m0/s1. The molecule has 4 aromatic rings. The van der Waals surface area contributed by atoms with Crippen LogP contribution >= 0.6 is 12.2 Å². The molecule has 1 amide bonds. The van der Waals surface area contributed by atoms with Gasteiger partial charge in [0.05, 0.1) is 36.1 Å². The average Bonchev–Trinajstić information content (AvgIpc) is 3.47. The molecular formula is C31H30F3N5O3S. The number of carbonyl (C=O) groups excluding carboxylic acids is 1. The summed E-state index contributed by atoms with van der Waals surface area (Å²) in [6, 6.07) is 17.3. The van der Waals surface area contributed by atoms with Crippen molar-refractivity contribution < 1.29 is 27.4 Å². The van der Waals surface area contributed by atoms with E-state index >= 15 is 0 Å². The Morgan fingerprint density at radius 2 is 1.84 bits per heavy atom. The second-order valence-electron chi connectivity index (χ2n) is 10.1. The Balaban J connectivity index is 1.65. The van der Waals surface area contributed by atoms with Crippen molar-refractivity contribution >= 4 is 34.6 Å². The largest absolute Gasteiger partial charge is 0.495 e. The zero-order valence-electron chi connectivity index (χ0n) is 23.9. The summed E-state index contributed by atoms with van der Waals surface area (Å²) < 4.78 is 53.0. The second kappa shape index (κ2) is 12.1. The van der Waals surface area contributed by atoms with Gasteiger partial charge in [0.15, 0.2) is 5.11 Å². The third-order valence-corrected chi connectivity index (χ3v) is 7.64. The maximum Gasteiger partial charge on any atom is 0.416 e. The van der Waals surface area contributed by atoms with Crippen LogP contribution in [0.3, 0.4) is 0 Å². The maximum atomic E-state index is 13.6. The minimum atomic E-state index is -4.47. The highest BCUT2D eigenvalue weighted by atomic mass is 32.1. The van der Waals surface area contributed by atoms with Crippen molar-refractivity contribution in [1.82, 2.24) is 14.9 Å². The molecule has 1 aliphatic rings. The Kier molecular flexibility index (Phi) is 8.43. The van der Waals surface area contributed by atoms with E-state index in [0.29, 0.717) is 27.9 Å². The number of nitrogens with zero attached hydrogens (tertiary/aromatic N) is 3. The molecule has 1 aliphatic heterocycles. The molecular weight excluding hydrogens is 579 g/mol. The van der Waals surface area contributed by atoms with E-state index in [1.807, 2.05) is 53.6 Å². The van der Waals surface area contributed by atoms with Crippen molar-refractivity contribution in [1.29, 1.82) is 0 Å². The normalized spacial score (nSPS) is 16.7. The number of aromatic nitrogens is 2. The number of ether oxygens (including phenoxy) is 2. The van der Waals surface area contributed by atoms with E-state index in [-0.39, 0.29) is 12.5 Å². The fourth-order valence-corrected chi connectivity index (χ4v) is 5.86. The Hall–Kier alpha value is -4.42. The zero-order chi connectivity index (χ0) is 30.9. The van der Waals surface area contributed by atoms with E-state index in [2.05, 4.69) is 15.6 Å². The Morgan fingerprint density at radius 1 is 1.05 bits per heavy atom. The van der Waals surface area contributed by atoms with Crippen LogP contribution in [0.25, 0.3) is 5.69 Å². The number of carbonyl (C=O) groups is 1. The van der Waals surface area contributed by atoms with Gasteiger partial charge in [-0.2, -0.15) is 13.2 Å². The van der Waals surface area contributed by atoms with E-state index in [0.717, 1.165) is 34.8 Å². The van der Waals surface area contributed by atoms with Crippen LogP contribution in [0.5, 0.6) is 5.75 Å². The van der Waals surface area contributed by atoms with Crippen LogP contribution in [-0.2, 0) is 15.7 Å². The molecule has 0 bridgehead atoms. The second-order valence-corrected chi connectivity index (χ2v) is 10.5. The van der Waals surface area contributed by atoms with Gasteiger partial charge in [-0.1, -0.05) is 12.1 Å². The number of rotatable bonds is 8. The molecule has 2 N–H and O–H groups in total. The topological polar surface area (TPSA) is 80.7 Å². The van der Waals surface area contributed by atoms with Gasteiger partial charge in [-0.05, 0) is 86.2 Å². The van der Waals surface area contributed by atoms with Gasteiger partial charge in [-0.3, -0.25) is 9.78 Å². The first kappa shape index (κ1) is 30.1. The highest BCUT2D eigenvalue weighted by Crippen LogP contribution is 2.45. The Morgan fingerprint density at radius 3 is 2.51 bits per heavy atom. The molecule has 0 radical (unpaired) electrons. The predicted octanol–water partition coefficient (Wildman–Crippen LogP) is 6.28. The third kappa shape index (κ3) is 5.93. The summed E-state index contributed by atoms with van der Waals surface area (Å²) >= 11 is 5.86. The quantitative estimate of drug-likeness (QED) is 0.228. The average molecular weight is 610 g/mol. The number of amides is 1. The van der Waals surface area contributed by atoms with Crippen LogP contribution in [0.15, 0.2) is 72.9 Å². The van der Waals surface area contributed by atoms with Crippen LogP contribution in [0.2, 0.25) is 0 Å². The molecule has 0 aliphatic carbocycles. The van der Waals surface area contributed by atoms with Crippen molar-refractivity contribution in [2.24, 2.45) is 0 Å². The van der Waals surface area contributed by atoms with Crippen LogP contribution in [0.1, 0.15) is 40.3 Å². The molecule has 0 saturated carbocycles. The molecule has 0 spiro atoms. The lowest BCUT2D eigenvalue weighted by atomic mass is 9.96. The molecule has 2 aromatic heterocycles. The van der Waals surface area contributed by atoms with Crippen LogP contribution in [0.4, 0.5) is 24.5 Å². The maximum absolute atomic E-state index is 13.6. The summed E-state index contributed by atoms with van der Waals surface area (Å²) in [5.74, 6) is 0.0967. The molecule has 8 nitrogen and oxygen atoms in total. The summed E-state index contributed by atoms with van der Waals surface area (Å²) in [7, 11) is 2.94. The van der Waals surface area contributed by atoms with Crippen molar-refractivity contribution in [2.45, 2.75) is 32.1 Å². The Labute approximate surface area is 252 Å². The first-order valence-electron chi connectivity index (χ1n) is 13.4. The van der Waals surface area contributed by atoms with E-state index < -0.39 is 23.8 Å². The molecule has 3 heterocycles. The van der Waals surface area contributed by atoms with Gasteiger partial charge < -0.3 is 29.6 Å². The Bertz CT molecular complexity index is 1660. The molecule has 1 saturated heterocycles. The van der Waals surface area contributed by atoms with Crippen LogP contribution < -0.4 is 20.3 Å². The summed E-state index contributed by atoms with van der Waals surface area (Å²) in [5, 5.41) is 6.63. The van der Waals surface area contributed by atoms with Gasteiger partial charge in [0.2, 0.25) is 5.91 Å². The van der Waals surface area contributed by atoms with E-state index in [4.69, 9.17) is 21.7 Å². The molecule has 12 heteroatoms. The predicted molar refractivity (Wildman–Crippen MR) is 162 cm³/mol. The fraction of sp³-hybridized carbons (Fsp3) is 0.258. The van der Waals surface area contributed by atoms with Gasteiger partial charge in [0.25, 0.3) is 0 Å². The lowest BCUT2D eigenvalue weighted by molar-refractivity contribution is -0.137. The monoisotopic (exact) mass is 609 g/mol. The number of hydrogen-bond acceptors (Lipinski definition) is 5. The number of methoxy groups -OCH3 is 2. The first-order valence-corrected chi connectivity index (χ1v) is 13.8. The summed E-state index contributed by atoms with van der Waals surface area (Å²) in [5.41, 5.74) is 3.86. The molecule has 224 valence electrons. The van der Waals surface area contributed by atoms with Gasteiger partial charge in [0, 0.05) is 36.1 Å². The number of benzene rings is 2.